The van der Waals surface area contributed by atoms with Gasteiger partial charge in [0.25, 0.3) is 0 Å². The lowest BCUT2D eigenvalue weighted by Gasteiger charge is -2.20. The summed E-state index contributed by atoms with van der Waals surface area (Å²) in [6, 6.07) is 14.1. The molecule has 7 nitrogen and oxygen atoms in total. The van der Waals surface area contributed by atoms with Crippen molar-refractivity contribution in [3.8, 4) is 11.3 Å². The van der Waals surface area contributed by atoms with Gasteiger partial charge in [0, 0.05) is 29.6 Å². The van der Waals surface area contributed by atoms with Gasteiger partial charge in [0.15, 0.2) is 5.13 Å². The lowest BCUT2D eigenvalue weighted by Crippen LogP contribution is -2.31. The normalized spacial score (nSPS) is 19.2. The van der Waals surface area contributed by atoms with Gasteiger partial charge < -0.3 is 10.1 Å². The van der Waals surface area contributed by atoms with Crippen molar-refractivity contribution in [1.82, 2.24) is 9.29 Å². The maximum Gasteiger partial charge on any atom is 0.340 e. The molecule has 1 aromatic heterocycles. The van der Waals surface area contributed by atoms with E-state index in [-0.39, 0.29) is 5.97 Å². The second-order valence-corrected chi connectivity index (χ2v) is 10.7. The molecule has 1 N–H and O–H groups in total. The largest absolute Gasteiger partial charge is 0.434 e. The number of benzene rings is 2. The third kappa shape index (κ3) is 4.03. The third-order valence-corrected chi connectivity index (χ3v) is 8.49. The van der Waals surface area contributed by atoms with Crippen LogP contribution in [0.1, 0.15) is 47.8 Å². The predicted octanol–water partition coefficient (Wildman–Crippen LogP) is 4.66. The zero-order valence-electron chi connectivity index (χ0n) is 17.4. The quantitative estimate of drug-likeness (QED) is 0.547. The standard InChI is InChI=1S/C23H23N3O4S2/c27-22-19-8-4-3-7-18(19)21(30-22)25-23-24-20(15-31-23)16-9-11-17(12-10-16)32(28,29)26-13-5-1-2-6-14-26/h3-4,7-12,15,21H,1-2,5-6,13-14H2,(H,24,25). The number of rotatable bonds is 5. The number of thiazole rings is 1. The molecule has 2 aliphatic rings. The number of cyclic esters (lactones) is 1. The van der Waals surface area contributed by atoms with Crippen LogP contribution in [0.15, 0.2) is 58.8 Å². The number of fused-ring (bicyclic) bond motifs is 1. The summed E-state index contributed by atoms with van der Waals surface area (Å²) in [4.78, 5) is 16.9. The number of aromatic nitrogens is 1. The number of nitrogens with zero attached hydrogens (tertiary/aromatic N) is 2. The predicted molar refractivity (Wildman–Crippen MR) is 123 cm³/mol. The van der Waals surface area contributed by atoms with E-state index in [0.29, 0.717) is 28.7 Å². The Labute approximate surface area is 191 Å². The first-order chi connectivity index (χ1) is 15.5. The van der Waals surface area contributed by atoms with Crippen LogP contribution in [0.3, 0.4) is 0 Å². The van der Waals surface area contributed by atoms with E-state index in [0.717, 1.165) is 42.5 Å². The summed E-state index contributed by atoms with van der Waals surface area (Å²) in [6.07, 6.45) is 3.41. The summed E-state index contributed by atoms with van der Waals surface area (Å²) in [5, 5.41) is 5.68. The van der Waals surface area contributed by atoms with Crippen LogP contribution in [0.25, 0.3) is 11.3 Å². The zero-order valence-corrected chi connectivity index (χ0v) is 19.0. The first kappa shape index (κ1) is 21.1. The van der Waals surface area contributed by atoms with E-state index in [9.17, 15) is 13.2 Å². The molecule has 9 heteroatoms. The van der Waals surface area contributed by atoms with Gasteiger partial charge in [-0.25, -0.2) is 18.2 Å². The van der Waals surface area contributed by atoms with E-state index in [4.69, 9.17) is 4.74 Å². The lowest BCUT2D eigenvalue weighted by atomic mass is 10.1. The Balaban J connectivity index is 1.31. The SMILES string of the molecule is O=C1OC(Nc2nc(-c3ccc(S(=O)(=O)N4CCCCCC4)cc3)cs2)c2ccccc21. The minimum absolute atomic E-state index is 0.311. The smallest absolute Gasteiger partial charge is 0.340 e. The van der Waals surface area contributed by atoms with Crippen molar-refractivity contribution in [3.05, 3.63) is 65.0 Å². The molecule has 0 saturated carbocycles. The molecule has 0 bridgehead atoms. The number of esters is 1. The second-order valence-electron chi connectivity index (χ2n) is 7.90. The molecule has 0 spiro atoms. The third-order valence-electron chi connectivity index (χ3n) is 5.80. The van der Waals surface area contributed by atoms with Gasteiger partial charge in [-0.3, -0.25) is 0 Å². The Bertz CT molecular complexity index is 1230. The Kier molecular flexibility index (Phi) is 5.71. The van der Waals surface area contributed by atoms with Gasteiger partial charge in [0.05, 0.1) is 16.2 Å². The average molecular weight is 470 g/mol. The van der Waals surface area contributed by atoms with Crippen molar-refractivity contribution >= 4 is 32.5 Å². The minimum Gasteiger partial charge on any atom is -0.434 e. The molecule has 3 aromatic rings. The molecule has 3 heterocycles. The van der Waals surface area contributed by atoms with Crippen LogP contribution < -0.4 is 5.32 Å². The van der Waals surface area contributed by atoms with Crippen molar-refractivity contribution in [2.24, 2.45) is 0 Å². The number of hydrogen-bond acceptors (Lipinski definition) is 7. The molecule has 0 aliphatic carbocycles. The zero-order chi connectivity index (χ0) is 22.1. The number of sulfonamides is 1. The van der Waals surface area contributed by atoms with E-state index in [2.05, 4.69) is 10.3 Å². The van der Waals surface area contributed by atoms with Gasteiger partial charge in [0.2, 0.25) is 16.3 Å². The molecule has 2 aromatic carbocycles. The van der Waals surface area contributed by atoms with Gasteiger partial charge >= 0.3 is 5.97 Å². The maximum atomic E-state index is 13.0. The highest BCUT2D eigenvalue weighted by Gasteiger charge is 2.31. The summed E-state index contributed by atoms with van der Waals surface area (Å²) in [5.41, 5.74) is 2.90. The fraction of sp³-hybridized carbons (Fsp3) is 0.304. The van der Waals surface area contributed by atoms with Crippen LogP contribution in [0.2, 0.25) is 0 Å². The lowest BCUT2D eigenvalue weighted by molar-refractivity contribution is 0.0437. The van der Waals surface area contributed by atoms with Gasteiger partial charge in [0.1, 0.15) is 0 Å². The number of hydrogen-bond donors (Lipinski definition) is 1. The van der Waals surface area contributed by atoms with Crippen molar-refractivity contribution < 1.29 is 17.9 Å². The Morgan fingerprint density at radius 1 is 1.00 bits per heavy atom. The minimum atomic E-state index is -3.47. The Morgan fingerprint density at radius 3 is 2.47 bits per heavy atom. The van der Waals surface area contributed by atoms with Crippen LogP contribution in [0, 0.1) is 0 Å². The fourth-order valence-electron chi connectivity index (χ4n) is 4.07. The summed E-state index contributed by atoms with van der Waals surface area (Å²) in [6.45, 7) is 1.17. The molecule has 0 radical (unpaired) electrons. The Hall–Kier alpha value is -2.75. The molecule has 1 atom stereocenters. The second kappa shape index (κ2) is 8.65. The van der Waals surface area contributed by atoms with Crippen LogP contribution in [-0.2, 0) is 14.8 Å². The van der Waals surface area contributed by atoms with Crippen molar-refractivity contribution in [1.29, 1.82) is 0 Å². The molecule has 1 saturated heterocycles. The molecule has 1 unspecified atom stereocenters. The summed E-state index contributed by atoms with van der Waals surface area (Å²) in [7, 11) is -3.47. The molecular weight excluding hydrogens is 446 g/mol. The molecule has 0 amide bonds. The van der Waals surface area contributed by atoms with E-state index in [1.54, 1.807) is 40.7 Å². The highest BCUT2D eigenvalue weighted by molar-refractivity contribution is 7.89. The molecular formula is C23H23N3O4S2. The van der Waals surface area contributed by atoms with Crippen LogP contribution in [-0.4, -0.2) is 36.8 Å². The van der Waals surface area contributed by atoms with Crippen LogP contribution in [0.5, 0.6) is 0 Å². The first-order valence-corrected chi connectivity index (χ1v) is 13.0. The molecule has 1 fully saturated rings. The van der Waals surface area contributed by atoms with Crippen LogP contribution in [0.4, 0.5) is 5.13 Å². The van der Waals surface area contributed by atoms with Gasteiger partial charge in [-0.05, 0) is 31.0 Å². The summed E-state index contributed by atoms with van der Waals surface area (Å²) >= 11 is 1.40. The van der Waals surface area contributed by atoms with E-state index in [1.165, 1.54) is 11.3 Å². The summed E-state index contributed by atoms with van der Waals surface area (Å²) < 4.78 is 33.0. The highest BCUT2D eigenvalue weighted by atomic mass is 32.2. The van der Waals surface area contributed by atoms with Crippen molar-refractivity contribution in [2.75, 3.05) is 18.4 Å². The molecule has 32 heavy (non-hydrogen) atoms. The van der Waals surface area contributed by atoms with Gasteiger partial charge in [-0.1, -0.05) is 43.2 Å². The highest BCUT2D eigenvalue weighted by Crippen LogP contribution is 2.34. The maximum absolute atomic E-state index is 13.0. The number of ether oxygens (including phenoxy) is 1. The first-order valence-electron chi connectivity index (χ1n) is 10.6. The molecule has 166 valence electrons. The molecule has 2 aliphatic heterocycles. The van der Waals surface area contributed by atoms with Crippen LogP contribution >= 0.6 is 11.3 Å². The topological polar surface area (TPSA) is 88.6 Å². The van der Waals surface area contributed by atoms with Crippen molar-refractivity contribution in [3.63, 3.8) is 0 Å². The number of anilines is 1. The number of carbonyl (C=O) groups excluding carboxylic acids is 1. The Morgan fingerprint density at radius 2 is 1.72 bits per heavy atom. The summed E-state index contributed by atoms with van der Waals surface area (Å²) in [5.74, 6) is -0.351. The average Bonchev–Trinajstić information content (AvgIpc) is 3.27. The van der Waals surface area contributed by atoms with Gasteiger partial charge in [-0.2, -0.15) is 4.31 Å². The number of carbonyl (C=O) groups is 1. The van der Waals surface area contributed by atoms with Gasteiger partial charge in [-0.15, -0.1) is 11.3 Å². The van der Waals surface area contributed by atoms with E-state index in [1.807, 2.05) is 17.5 Å². The molecule has 5 rings (SSSR count). The van der Waals surface area contributed by atoms with E-state index < -0.39 is 16.3 Å². The number of nitrogens with one attached hydrogen (secondary N) is 1. The monoisotopic (exact) mass is 469 g/mol. The fourth-order valence-corrected chi connectivity index (χ4v) is 6.32. The van der Waals surface area contributed by atoms with Crippen molar-refractivity contribution in [2.45, 2.75) is 36.8 Å². The van der Waals surface area contributed by atoms with E-state index >= 15 is 0 Å².